The smallest absolute Gasteiger partial charge is 0.0840 e. The first-order valence-electron chi connectivity index (χ1n) is 6.77. The molecule has 0 unspecified atom stereocenters. The predicted octanol–water partition coefficient (Wildman–Crippen LogP) is 2.83. The number of hydrazine groups is 1. The Morgan fingerprint density at radius 3 is 1.55 bits per heavy atom. The van der Waals surface area contributed by atoms with Crippen LogP contribution in [0.15, 0.2) is 60.7 Å². The van der Waals surface area contributed by atoms with Gasteiger partial charge in [-0.25, -0.2) is 9.79 Å². The lowest BCUT2D eigenvalue weighted by Crippen LogP contribution is -2.40. The van der Waals surface area contributed by atoms with E-state index in [1.807, 2.05) is 12.1 Å². The number of hydrogen-bond donors (Lipinski definition) is 0. The van der Waals surface area contributed by atoms with Crippen LogP contribution in [0, 0.1) is 0 Å². The van der Waals surface area contributed by atoms with Crippen LogP contribution in [0.2, 0.25) is 0 Å². The van der Waals surface area contributed by atoms with Crippen LogP contribution < -0.4 is 10.6 Å². The van der Waals surface area contributed by atoms with Gasteiger partial charge >= 0.3 is 0 Å². The fourth-order valence-electron chi connectivity index (χ4n) is 2.41. The topological polar surface area (TPSA) is 6.48 Å². The Hall–Kier alpha value is -0.990. The summed E-state index contributed by atoms with van der Waals surface area (Å²) in [5.74, 6) is 0. The molecule has 2 aromatic rings. The SMILES string of the molecule is CCN(N(C)C)P(=S)(c1ccccc1)c1ccccc1. The molecule has 0 aromatic heterocycles. The van der Waals surface area contributed by atoms with Gasteiger partial charge < -0.3 is 0 Å². The summed E-state index contributed by atoms with van der Waals surface area (Å²) in [5, 5.41) is 4.59. The van der Waals surface area contributed by atoms with Gasteiger partial charge in [0.25, 0.3) is 0 Å². The summed E-state index contributed by atoms with van der Waals surface area (Å²) in [6, 6.07) is 21.0. The second-order valence-electron chi connectivity index (χ2n) is 4.78. The molecule has 2 aromatic carbocycles. The summed E-state index contributed by atoms with van der Waals surface area (Å²) < 4.78 is 2.31. The molecule has 0 aliphatic heterocycles. The van der Waals surface area contributed by atoms with Crippen molar-refractivity contribution < 1.29 is 0 Å². The van der Waals surface area contributed by atoms with Crippen LogP contribution in [-0.4, -0.2) is 30.4 Å². The lowest BCUT2D eigenvalue weighted by atomic mass is 10.4. The molecule has 2 rings (SSSR count). The van der Waals surface area contributed by atoms with E-state index in [9.17, 15) is 0 Å². The minimum Gasteiger partial charge on any atom is -0.243 e. The van der Waals surface area contributed by atoms with Crippen molar-refractivity contribution in [3.05, 3.63) is 60.7 Å². The molecule has 4 heteroatoms. The van der Waals surface area contributed by atoms with Crippen molar-refractivity contribution >= 4 is 28.6 Å². The van der Waals surface area contributed by atoms with Gasteiger partial charge in [-0.15, -0.1) is 0 Å². The summed E-state index contributed by atoms with van der Waals surface area (Å²) in [5.41, 5.74) is 0. The molecule has 0 aliphatic carbocycles. The van der Waals surface area contributed by atoms with Gasteiger partial charge in [-0.2, -0.15) is 0 Å². The third-order valence-electron chi connectivity index (χ3n) is 3.28. The average molecular weight is 304 g/mol. The van der Waals surface area contributed by atoms with Gasteiger partial charge in [0, 0.05) is 31.2 Å². The van der Waals surface area contributed by atoms with Crippen molar-refractivity contribution in [3.63, 3.8) is 0 Å². The highest BCUT2D eigenvalue weighted by molar-refractivity contribution is 8.20. The molecule has 0 saturated heterocycles. The van der Waals surface area contributed by atoms with Crippen molar-refractivity contribution in [3.8, 4) is 0 Å². The van der Waals surface area contributed by atoms with E-state index in [1.165, 1.54) is 10.6 Å². The zero-order valence-corrected chi connectivity index (χ0v) is 13.9. The van der Waals surface area contributed by atoms with Crippen LogP contribution in [0.3, 0.4) is 0 Å². The molecule has 0 heterocycles. The van der Waals surface area contributed by atoms with Crippen molar-refractivity contribution in [2.45, 2.75) is 6.92 Å². The van der Waals surface area contributed by atoms with E-state index in [2.05, 4.69) is 79.3 Å². The zero-order valence-electron chi connectivity index (χ0n) is 12.2. The normalized spacial score (nSPS) is 12.1. The van der Waals surface area contributed by atoms with Crippen LogP contribution in [0.5, 0.6) is 0 Å². The number of nitrogens with zero attached hydrogens (tertiary/aromatic N) is 2. The summed E-state index contributed by atoms with van der Waals surface area (Å²) in [6.07, 6.45) is -2.00. The summed E-state index contributed by atoms with van der Waals surface area (Å²) >= 11 is 6.23. The van der Waals surface area contributed by atoms with Gasteiger partial charge in [-0.1, -0.05) is 79.4 Å². The van der Waals surface area contributed by atoms with Gasteiger partial charge in [0.2, 0.25) is 0 Å². The van der Waals surface area contributed by atoms with Crippen molar-refractivity contribution in [1.82, 2.24) is 9.79 Å². The molecule has 0 amide bonds. The molecule has 106 valence electrons. The highest BCUT2D eigenvalue weighted by Crippen LogP contribution is 2.47. The predicted molar refractivity (Wildman–Crippen MR) is 92.5 cm³/mol. The Morgan fingerprint density at radius 1 is 0.850 bits per heavy atom. The van der Waals surface area contributed by atoms with Crippen LogP contribution in [0.4, 0.5) is 0 Å². The van der Waals surface area contributed by atoms with Crippen molar-refractivity contribution in [2.75, 3.05) is 20.6 Å². The van der Waals surface area contributed by atoms with E-state index >= 15 is 0 Å². The van der Waals surface area contributed by atoms with E-state index in [-0.39, 0.29) is 0 Å². The molecular weight excluding hydrogens is 283 g/mol. The summed E-state index contributed by atoms with van der Waals surface area (Å²) in [4.78, 5) is 0. The Morgan fingerprint density at radius 2 is 1.25 bits per heavy atom. The Bertz CT molecular complexity index is 540. The second-order valence-corrected chi connectivity index (χ2v) is 9.01. The second kappa shape index (κ2) is 6.64. The van der Waals surface area contributed by atoms with Gasteiger partial charge in [-0.05, 0) is 0 Å². The van der Waals surface area contributed by atoms with Crippen LogP contribution in [0.1, 0.15) is 6.92 Å². The van der Waals surface area contributed by atoms with Gasteiger partial charge in [0.15, 0.2) is 0 Å². The fourth-order valence-corrected chi connectivity index (χ4v) is 6.81. The first kappa shape index (κ1) is 15.4. The average Bonchev–Trinajstić information content (AvgIpc) is 2.49. The van der Waals surface area contributed by atoms with Gasteiger partial charge in [0.05, 0.1) is 6.19 Å². The van der Waals surface area contributed by atoms with Crippen molar-refractivity contribution in [2.24, 2.45) is 0 Å². The number of benzene rings is 2. The third kappa shape index (κ3) is 2.87. The minimum atomic E-state index is -2.00. The molecule has 0 bridgehead atoms. The van der Waals surface area contributed by atoms with E-state index in [4.69, 9.17) is 11.8 Å². The van der Waals surface area contributed by atoms with E-state index in [0.717, 1.165) is 6.54 Å². The summed E-state index contributed by atoms with van der Waals surface area (Å²) in [6.45, 7) is 3.06. The third-order valence-corrected chi connectivity index (χ3v) is 8.40. The van der Waals surface area contributed by atoms with E-state index in [0.29, 0.717) is 0 Å². The van der Waals surface area contributed by atoms with E-state index in [1.54, 1.807) is 0 Å². The maximum Gasteiger partial charge on any atom is 0.0840 e. The van der Waals surface area contributed by atoms with Gasteiger partial charge in [0.1, 0.15) is 0 Å². The minimum absolute atomic E-state index is 0.897. The van der Waals surface area contributed by atoms with Crippen LogP contribution in [0.25, 0.3) is 0 Å². The molecule has 20 heavy (non-hydrogen) atoms. The van der Waals surface area contributed by atoms with E-state index < -0.39 is 6.19 Å². The molecule has 0 radical (unpaired) electrons. The van der Waals surface area contributed by atoms with Gasteiger partial charge in [-0.3, -0.25) is 0 Å². The first-order chi connectivity index (χ1) is 9.60. The lowest BCUT2D eigenvalue weighted by Gasteiger charge is -2.39. The number of rotatable bonds is 5. The summed E-state index contributed by atoms with van der Waals surface area (Å²) in [7, 11) is 4.13. The molecule has 0 spiro atoms. The highest BCUT2D eigenvalue weighted by atomic mass is 32.4. The molecule has 2 nitrogen and oxygen atoms in total. The maximum atomic E-state index is 6.23. The largest absolute Gasteiger partial charge is 0.243 e. The number of hydrogen-bond acceptors (Lipinski definition) is 2. The first-order valence-corrected chi connectivity index (χ1v) is 9.52. The Balaban J connectivity index is 2.64. The molecule has 0 aliphatic rings. The quantitative estimate of drug-likeness (QED) is 0.619. The van der Waals surface area contributed by atoms with Crippen LogP contribution >= 0.6 is 6.19 Å². The fraction of sp³-hybridized carbons (Fsp3) is 0.250. The Labute approximate surface area is 127 Å². The maximum absolute atomic E-state index is 6.23. The van der Waals surface area contributed by atoms with Crippen molar-refractivity contribution in [1.29, 1.82) is 0 Å². The zero-order chi connectivity index (χ0) is 14.6. The molecular formula is C16H21N2PS. The molecule has 0 fully saturated rings. The lowest BCUT2D eigenvalue weighted by molar-refractivity contribution is 0.144. The molecule has 0 saturated carbocycles. The molecule has 0 N–H and O–H groups in total. The monoisotopic (exact) mass is 304 g/mol. The Kier molecular flexibility index (Phi) is 5.11. The highest BCUT2D eigenvalue weighted by Gasteiger charge is 2.30. The standard InChI is InChI=1S/C16H21N2PS/c1-4-18(17(2)3)19(20,15-11-7-5-8-12-15)16-13-9-6-10-14-16/h5-14H,4H2,1-3H3. The van der Waals surface area contributed by atoms with Crippen LogP contribution in [-0.2, 0) is 11.8 Å². The molecule has 0 atom stereocenters.